The van der Waals surface area contributed by atoms with Crippen LogP contribution in [0.2, 0.25) is 0 Å². The zero-order valence-electron chi connectivity index (χ0n) is 18.1. The minimum atomic E-state index is -4.21. The average molecular weight is 483 g/mol. The predicted molar refractivity (Wildman–Crippen MR) is 124 cm³/mol. The van der Waals surface area contributed by atoms with Gasteiger partial charge >= 0.3 is 11.9 Å². The van der Waals surface area contributed by atoms with E-state index in [0.29, 0.717) is 5.56 Å². The number of benzene rings is 3. The van der Waals surface area contributed by atoms with Crippen molar-refractivity contribution in [2.75, 3.05) is 10.8 Å². The molecular formula is C24H22N2O7S. The van der Waals surface area contributed by atoms with Crippen molar-refractivity contribution in [2.45, 2.75) is 18.4 Å². The molecule has 0 saturated carbocycles. The second kappa shape index (κ2) is 10.2. The first-order valence-corrected chi connectivity index (χ1v) is 11.5. The van der Waals surface area contributed by atoms with Gasteiger partial charge in [0.1, 0.15) is 6.54 Å². The third kappa shape index (κ3) is 5.78. The van der Waals surface area contributed by atoms with Gasteiger partial charge in [-0.1, -0.05) is 35.9 Å². The number of carboxylic acids is 2. The summed E-state index contributed by atoms with van der Waals surface area (Å²) in [7, 11) is -4.21. The van der Waals surface area contributed by atoms with E-state index in [9.17, 15) is 27.9 Å². The lowest BCUT2D eigenvalue weighted by atomic mass is 10.1. The van der Waals surface area contributed by atoms with Crippen LogP contribution in [0.1, 0.15) is 31.8 Å². The fourth-order valence-electron chi connectivity index (χ4n) is 3.15. The molecule has 0 aliphatic rings. The number of amides is 1. The third-order valence-electron chi connectivity index (χ3n) is 4.94. The Kier molecular flexibility index (Phi) is 7.32. The molecule has 0 atom stereocenters. The molecule has 0 aliphatic carbocycles. The molecule has 0 bridgehead atoms. The molecule has 176 valence electrons. The van der Waals surface area contributed by atoms with Crippen LogP contribution in [-0.2, 0) is 21.4 Å². The van der Waals surface area contributed by atoms with Crippen LogP contribution in [0, 0.1) is 6.92 Å². The smallest absolute Gasteiger partial charge is 0.335 e. The first kappa shape index (κ1) is 24.5. The van der Waals surface area contributed by atoms with Crippen molar-refractivity contribution in [1.82, 2.24) is 5.32 Å². The number of nitrogens with zero attached hydrogens (tertiary/aromatic N) is 1. The zero-order valence-corrected chi connectivity index (χ0v) is 19.0. The Morgan fingerprint density at radius 3 is 2.06 bits per heavy atom. The lowest BCUT2D eigenvalue weighted by molar-refractivity contribution is -0.119. The standard InChI is InChI=1S/C24H22N2O7S/c1-16-8-10-21(11-9-16)34(32,33)26(20-7-3-6-19(13-20)24(30)31)15-22(27)25-14-17-4-2-5-18(12-17)23(28)29/h2-13H,14-15H2,1H3,(H,25,27)(H,28,29)(H,30,31). The van der Waals surface area contributed by atoms with Crippen molar-refractivity contribution >= 4 is 33.6 Å². The molecule has 0 heterocycles. The summed E-state index contributed by atoms with van der Waals surface area (Å²) in [6.45, 7) is 1.17. The number of carboxylic acid groups (broad SMARTS) is 2. The Bertz CT molecular complexity index is 1340. The number of rotatable bonds is 9. The van der Waals surface area contributed by atoms with E-state index in [4.69, 9.17) is 5.11 Å². The number of aryl methyl sites for hydroxylation is 1. The molecular weight excluding hydrogens is 460 g/mol. The normalized spacial score (nSPS) is 11.0. The quantitative estimate of drug-likeness (QED) is 0.426. The minimum absolute atomic E-state index is 0.0171. The van der Waals surface area contributed by atoms with Crippen molar-refractivity contribution in [3.05, 3.63) is 95.1 Å². The van der Waals surface area contributed by atoms with Gasteiger partial charge < -0.3 is 15.5 Å². The number of hydrogen-bond donors (Lipinski definition) is 3. The van der Waals surface area contributed by atoms with Crippen molar-refractivity contribution in [1.29, 1.82) is 0 Å². The molecule has 0 unspecified atom stereocenters. The summed E-state index contributed by atoms with van der Waals surface area (Å²) < 4.78 is 27.6. The first-order chi connectivity index (χ1) is 16.1. The molecule has 0 radical (unpaired) electrons. The van der Waals surface area contributed by atoms with Crippen molar-refractivity contribution < 1.29 is 33.0 Å². The van der Waals surface area contributed by atoms with Gasteiger partial charge in [-0.2, -0.15) is 0 Å². The second-order valence-electron chi connectivity index (χ2n) is 7.46. The van der Waals surface area contributed by atoms with Gasteiger partial charge in [-0.3, -0.25) is 9.10 Å². The summed E-state index contributed by atoms with van der Waals surface area (Å²) in [5, 5.41) is 21.0. The largest absolute Gasteiger partial charge is 0.478 e. The van der Waals surface area contributed by atoms with Gasteiger partial charge in [-0.15, -0.1) is 0 Å². The van der Waals surface area contributed by atoms with Crippen LogP contribution in [0.4, 0.5) is 5.69 Å². The van der Waals surface area contributed by atoms with Crippen LogP contribution in [0.25, 0.3) is 0 Å². The molecule has 3 aromatic carbocycles. The van der Waals surface area contributed by atoms with E-state index in [0.717, 1.165) is 9.87 Å². The van der Waals surface area contributed by atoms with E-state index in [2.05, 4.69) is 5.32 Å². The average Bonchev–Trinajstić information content (AvgIpc) is 2.81. The highest BCUT2D eigenvalue weighted by Crippen LogP contribution is 2.25. The van der Waals surface area contributed by atoms with Crippen LogP contribution in [0.5, 0.6) is 0 Å². The van der Waals surface area contributed by atoms with Gasteiger partial charge in [0.25, 0.3) is 10.0 Å². The minimum Gasteiger partial charge on any atom is -0.478 e. The number of carbonyl (C=O) groups excluding carboxylic acids is 1. The maximum absolute atomic E-state index is 13.4. The highest BCUT2D eigenvalue weighted by Gasteiger charge is 2.27. The van der Waals surface area contributed by atoms with Crippen LogP contribution >= 0.6 is 0 Å². The van der Waals surface area contributed by atoms with Crippen molar-refractivity contribution in [2.24, 2.45) is 0 Å². The molecule has 0 saturated heterocycles. The van der Waals surface area contributed by atoms with Crippen LogP contribution < -0.4 is 9.62 Å². The highest BCUT2D eigenvalue weighted by atomic mass is 32.2. The topological polar surface area (TPSA) is 141 Å². The number of anilines is 1. The van der Waals surface area contributed by atoms with Gasteiger partial charge in [0, 0.05) is 6.54 Å². The summed E-state index contributed by atoms with van der Waals surface area (Å²) in [5.41, 5.74) is 1.31. The summed E-state index contributed by atoms with van der Waals surface area (Å²) in [5.74, 6) is -3.00. The maximum Gasteiger partial charge on any atom is 0.335 e. The van der Waals surface area contributed by atoms with E-state index in [1.807, 2.05) is 0 Å². The molecule has 3 rings (SSSR count). The summed E-state index contributed by atoms with van der Waals surface area (Å²) in [6.07, 6.45) is 0. The molecule has 3 aromatic rings. The lowest BCUT2D eigenvalue weighted by Gasteiger charge is -2.24. The molecule has 0 spiro atoms. The Morgan fingerprint density at radius 1 is 0.853 bits per heavy atom. The van der Waals surface area contributed by atoms with Crippen LogP contribution in [0.15, 0.2) is 77.7 Å². The SMILES string of the molecule is Cc1ccc(S(=O)(=O)N(CC(=O)NCc2cccc(C(=O)O)c2)c2cccc(C(=O)O)c2)cc1. The Labute approximate surface area is 196 Å². The second-order valence-corrected chi connectivity index (χ2v) is 9.32. The van der Waals surface area contributed by atoms with Gasteiger partial charge in [-0.05, 0) is 55.0 Å². The Hall–Kier alpha value is -4.18. The fraction of sp³-hybridized carbons (Fsp3) is 0.125. The van der Waals surface area contributed by atoms with Gasteiger partial charge in [0.2, 0.25) is 5.91 Å². The number of nitrogens with one attached hydrogen (secondary N) is 1. The van der Waals surface area contributed by atoms with E-state index in [1.54, 1.807) is 25.1 Å². The summed E-state index contributed by atoms with van der Waals surface area (Å²) >= 11 is 0. The zero-order chi connectivity index (χ0) is 24.9. The molecule has 0 fully saturated rings. The van der Waals surface area contributed by atoms with E-state index in [1.165, 1.54) is 54.6 Å². The molecule has 34 heavy (non-hydrogen) atoms. The van der Waals surface area contributed by atoms with Crippen molar-refractivity contribution in [3.63, 3.8) is 0 Å². The lowest BCUT2D eigenvalue weighted by Crippen LogP contribution is -2.40. The highest BCUT2D eigenvalue weighted by molar-refractivity contribution is 7.92. The number of carbonyl (C=O) groups is 3. The first-order valence-electron chi connectivity index (χ1n) is 10.1. The fourth-order valence-corrected chi connectivity index (χ4v) is 4.56. The van der Waals surface area contributed by atoms with Crippen molar-refractivity contribution in [3.8, 4) is 0 Å². The van der Waals surface area contributed by atoms with Gasteiger partial charge in [0.15, 0.2) is 0 Å². The molecule has 0 aromatic heterocycles. The molecule has 0 aliphatic heterocycles. The Morgan fingerprint density at radius 2 is 1.44 bits per heavy atom. The molecule has 1 amide bonds. The number of hydrogen-bond acceptors (Lipinski definition) is 5. The number of sulfonamides is 1. The molecule has 3 N–H and O–H groups in total. The van der Waals surface area contributed by atoms with Crippen LogP contribution in [0.3, 0.4) is 0 Å². The summed E-state index contributed by atoms with van der Waals surface area (Å²) in [4.78, 5) is 35.2. The monoisotopic (exact) mass is 482 g/mol. The number of aromatic carboxylic acids is 2. The molecule has 9 nitrogen and oxygen atoms in total. The van der Waals surface area contributed by atoms with Crippen LogP contribution in [-0.4, -0.2) is 43.0 Å². The molecule has 10 heteroatoms. The van der Waals surface area contributed by atoms with E-state index >= 15 is 0 Å². The van der Waals surface area contributed by atoms with E-state index in [-0.39, 0.29) is 28.3 Å². The van der Waals surface area contributed by atoms with Gasteiger partial charge in [-0.25, -0.2) is 18.0 Å². The maximum atomic E-state index is 13.4. The summed E-state index contributed by atoms with van der Waals surface area (Å²) in [6, 6.07) is 17.3. The van der Waals surface area contributed by atoms with Gasteiger partial charge in [0.05, 0.1) is 21.7 Å². The van der Waals surface area contributed by atoms with E-state index < -0.39 is 34.4 Å². The predicted octanol–water partition coefficient (Wildman–Crippen LogP) is 2.90. The Balaban J connectivity index is 1.89. The third-order valence-corrected chi connectivity index (χ3v) is 6.73.